The molecule has 3 nitrogen and oxygen atoms in total. The molecule has 4 heteroatoms. The molecule has 0 heterocycles. The Labute approximate surface area is 115 Å². The molecule has 0 rings (SSSR count). The van der Waals surface area contributed by atoms with E-state index >= 15 is 0 Å². The number of hydrogen-bond acceptors (Lipinski definition) is 3. The van der Waals surface area contributed by atoms with Crippen molar-refractivity contribution >= 4 is 9.76 Å². The van der Waals surface area contributed by atoms with Gasteiger partial charge in [0.05, 0.1) is 6.61 Å². The minimum atomic E-state index is -0.513. The van der Waals surface area contributed by atoms with Crippen LogP contribution in [0.1, 0.15) is 46.0 Å². The average molecular weight is 274 g/mol. The number of rotatable bonds is 14. The van der Waals surface area contributed by atoms with Gasteiger partial charge in [-0.2, -0.15) is 0 Å². The van der Waals surface area contributed by atoms with E-state index in [-0.39, 0.29) is 6.29 Å². The van der Waals surface area contributed by atoms with Gasteiger partial charge in [0, 0.05) is 19.6 Å². The van der Waals surface area contributed by atoms with Crippen LogP contribution in [-0.2, 0) is 13.9 Å². The highest BCUT2D eigenvalue weighted by Crippen LogP contribution is 2.04. The Morgan fingerprint density at radius 2 is 1.83 bits per heavy atom. The van der Waals surface area contributed by atoms with Gasteiger partial charge in [-0.05, 0) is 18.9 Å². The number of unbranched alkanes of at least 4 members (excludes halogenated alkanes) is 2. The minimum absolute atomic E-state index is 0.0650. The van der Waals surface area contributed by atoms with Crippen molar-refractivity contribution in [3.8, 4) is 0 Å². The molecule has 0 aromatic carbocycles. The topological polar surface area (TPSA) is 27.7 Å². The Balaban J connectivity index is 3.62. The molecule has 0 aliphatic heterocycles. The highest BCUT2D eigenvalue weighted by Gasteiger charge is 2.08. The van der Waals surface area contributed by atoms with Gasteiger partial charge in [0.1, 0.15) is 6.29 Å². The highest BCUT2D eigenvalue weighted by molar-refractivity contribution is 6.27. The lowest BCUT2D eigenvalue weighted by Gasteiger charge is -2.18. The molecule has 0 spiro atoms. The summed E-state index contributed by atoms with van der Waals surface area (Å²) in [5.41, 5.74) is 0. The van der Waals surface area contributed by atoms with E-state index in [0.29, 0.717) is 0 Å². The Morgan fingerprint density at radius 3 is 2.50 bits per heavy atom. The van der Waals surface area contributed by atoms with E-state index in [0.717, 1.165) is 51.5 Å². The third-order valence-electron chi connectivity index (χ3n) is 2.57. The summed E-state index contributed by atoms with van der Waals surface area (Å²) in [5.74, 6) is 0. The van der Waals surface area contributed by atoms with E-state index in [9.17, 15) is 0 Å². The fourth-order valence-corrected chi connectivity index (χ4v) is 2.21. The molecule has 108 valence electrons. The number of ether oxygens (including phenoxy) is 2. The van der Waals surface area contributed by atoms with Crippen LogP contribution in [0.2, 0.25) is 6.04 Å². The Bertz CT molecular complexity index is 176. The molecule has 0 aliphatic rings. The first-order valence-electron chi connectivity index (χ1n) is 7.27. The first-order chi connectivity index (χ1) is 8.85. The monoisotopic (exact) mass is 274 g/mol. The van der Waals surface area contributed by atoms with Crippen molar-refractivity contribution in [2.45, 2.75) is 58.3 Å². The van der Waals surface area contributed by atoms with Gasteiger partial charge in [-0.3, -0.25) is 0 Å². The Kier molecular flexibility index (Phi) is 14.8. The summed E-state index contributed by atoms with van der Waals surface area (Å²) in [6, 6.07) is 1.00. The van der Waals surface area contributed by atoms with Crippen molar-refractivity contribution in [2.75, 3.05) is 19.8 Å². The van der Waals surface area contributed by atoms with Gasteiger partial charge in [-0.1, -0.05) is 32.8 Å². The molecule has 0 saturated carbocycles. The Hall–Kier alpha value is -0.163. The highest BCUT2D eigenvalue weighted by atomic mass is 28.2. The van der Waals surface area contributed by atoms with Crippen molar-refractivity contribution in [3.05, 3.63) is 12.7 Å². The van der Waals surface area contributed by atoms with Gasteiger partial charge in [-0.25, -0.2) is 0 Å². The zero-order chi connectivity index (χ0) is 13.5. The predicted octanol–water partition coefficient (Wildman–Crippen LogP) is 3.04. The first-order valence-corrected chi connectivity index (χ1v) is 8.84. The van der Waals surface area contributed by atoms with E-state index in [1.54, 1.807) is 0 Å². The lowest BCUT2D eigenvalue weighted by atomic mass is 10.3. The van der Waals surface area contributed by atoms with Crippen LogP contribution >= 0.6 is 0 Å². The standard InChI is InChI=1S/C14H30O3Si/c1-4-7-10-15-12-9-14(16-11-8-5-2)17-18-13-6-3/h6,14H,3-5,7-13,18H2,1-2H3. The maximum Gasteiger partial charge on any atom is 0.168 e. The van der Waals surface area contributed by atoms with E-state index in [2.05, 4.69) is 20.4 Å². The maximum atomic E-state index is 5.80. The van der Waals surface area contributed by atoms with E-state index in [1.165, 1.54) is 6.42 Å². The van der Waals surface area contributed by atoms with Crippen LogP contribution < -0.4 is 0 Å². The second-order valence-electron chi connectivity index (χ2n) is 4.36. The first kappa shape index (κ1) is 17.8. The molecule has 0 amide bonds. The molecule has 0 saturated heterocycles. The second kappa shape index (κ2) is 14.9. The number of allylic oxidation sites excluding steroid dienone is 1. The van der Waals surface area contributed by atoms with Crippen LogP contribution in [0.5, 0.6) is 0 Å². The van der Waals surface area contributed by atoms with E-state index < -0.39 is 9.76 Å². The minimum Gasteiger partial charge on any atom is -0.399 e. The van der Waals surface area contributed by atoms with Gasteiger partial charge in [0.25, 0.3) is 0 Å². The van der Waals surface area contributed by atoms with Gasteiger partial charge < -0.3 is 13.9 Å². The molecular formula is C14H30O3Si. The summed E-state index contributed by atoms with van der Waals surface area (Å²) in [6.45, 7) is 10.4. The molecular weight excluding hydrogens is 244 g/mol. The second-order valence-corrected chi connectivity index (χ2v) is 5.68. The summed E-state index contributed by atoms with van der Waals surface area (Å²) in [4.78, 5) is 0. The summed E-state index contributed by atoms with van der Waals surface area (Å²) in [6.07, 6.45) is 7.27. The fourth-order valence-electron chi connectivity index (χ4n) is 1.38. The summed E-state index contributed by atoms with van der Waals surface area (Å²) in [7, 11) is -0.513. The van der Waals surface area contributed by atoms with Crippen molar-refractivity contribution in [3.63, 3.8) is 0 Å². The van der Waals surface area contributed by atoms with Crippen LogP contribution in [0, 0.1) is 0 Å². The van der Waals surface area contributed by atoms with Crippen LogP contribution in [0.4, 0.5) is 0 Å². The largest absolute Gasteiger partial charge is 0.399 e. The third kappa shape index (κ3) is 12.3. The van der Waals surface area contributed by atoms with Crippen molar-refractivity contribution in [2.24, 2.45) is 0 Å². The van der Waals surface area contributed by atoms with Gasteiger partial charge in [-0.15, -0.1) is 6.58 Å². The lowest BCUT2D eigenvalue weighted by Crippen LogP contribution is -2.22. The summed E-state index contributed by atoms with van der Waals surface area (Å²) < 4.78 is 17.1. The van der Waals surface area contributed by atoms with Crippen molar-refractivity contribution in [1.82, 2.24) is 0 Å². The van der Waals surface area contributed by atoms with E-state index in [1.807, 2.05) is 6.08 Å². The molecule has 1 atom stereocenters. The molecule has 0 aliphatic carbocycles. The molecule has 0 aromatic heterocycles. The van der Waals surface area contributed by atoms with Gasteiger partial charge in [0.15, 0.2) is 9.76 Å². The zero-order valence-electron chi connectivity index (χ0n) is 12.2. The normalized spacial score (nSPS) is 13.2. The smallest absolute Gasteiger partial charge is 0.168 e. The SMILES string of the molecule is C=CC[SiH2]OC(CCOCCCC)OCCCC. The zero-order valence-corrected chi connectivity index (χ0v) is 13.6. The van der Waals surface area contributed by atoms with Gasteiger partial charge >= 0.3 is 0 Å². The van der Waals surface area contributed by atoms with Crippen molar-refractivity contribution < 1.29 is 13.9 Å². The summed E-state index contributed by atoms with van der Waals surface area (Å²) >= 11 is 0. The number of hydrogen-bond donors (Lipinski definition) is 0. The van der Waals surface area contributed by atoms with Crippen LogP contribution in [-0.4, -0.2) is 35.9 Å². The molecule has 0 fully saturated rings. The Morgan fingerprint density at radius 1 is 1.11 bits per heavy atom. The molecule has 0 N–H and O–H groups in total. The van der Waals surface area contributed by atoms with E-state index in [4.69, 9.17) is 13.9 Å². The average Bonchev–Trinajstić information content (AvgIpc) is 2.38. The van der Waals surface area contributed by atoms with Crippen LogP contribution in [0.25, 0.3) is 0 Å². The fraction of sp³-hybridized carbons (Fsp3) is 0.857. The predicted molar refractivity (Wildman–Crippen MR) is 79.6 cm³/mol. The van der Waals surface area contributed by atoms with Crippen LogP contribution in [0.15, 0.2) is 12.7 Å². The molecule has 0 bridgehead atoms. The summed E-state index contributed by atoms with van der Waals surface area (Å²) in [5, 5.41) is 0. The molecule has 0 aromatic rings. The maximum absolute atomic E-state index is 5.80. The molecule has 0 radical (unpaired) electrons. The molecule has 1 unspecified atom stereocenters. The van der Waals surface area contributed by atoms with Crippen LogP contribution in [0.3, 0.4) is 0 Å². The molecule has 18 heavy (non-hydrogen) atoms. The van der Waals surface area contributed by atoms with Gasteiger partial charge in [0.2, 0.25) is 0 Å². The van der Waals surface area contributed by atoms with Crippen molar-refractivity contribution in [1.29, 1.82) is 0 Å². The lowest BCUT2D eigenvalue weighted by molar-refractivity contribution is -0.0953. The quantitative estimate of drug-likeness (QED) is 0.211. The third-order valence-corrected chi connectivity index (χ3v) is 3.82.